The van der Waals surface area contributed by atoms with Crippen LogP contribution >= 0.6 is 0 Å². The molecule has 0 atom stereocenters. The SMILES string of the molecule is Cc1cccc(C)c1OCC(=O)NC(C)(C)C(=O)O. The third kappa shape index (κ3) is 3.98. The second-order valence-electron chi connectivity index (χ2n) is 4.99. The summed E-state index contributed by atoms with van der Waals surface area (Å²) in [6.45, 7) is 6.42. The van der Waals surface area contributed by atoms with Gasteiger partial charge < -0.3 is 15.2 Å². The van der Waals surface area contributed by atoms with Crippen LogP contribution in [0.4, 0.5) is 0 Å². The quantitative estimate of drug-likeness (QED) is 0.849. The maximum absolute atomic E-state index is 11.7. The van der Waals surface area contributed by atoms with Crippen molar-refractivity contribution in [2.75, 3.05) is 6.61 Å². The van der Waals surface area contributed by atoms with E-state index in [0.29, 0.717) is 5.75 Å². The Balaban J connectivity index is 2.63. The van der Waals surface area contributed by atoms with Gasteiger partial charge in [-0.2, -0.15) is 0 Å². The van der Waals surface area contributed by atoms with E-state index in [1.165, 1.54) is 13.8 Å². The number of aryl methyl sites for hydroxylation is 2. The van der Waals surface area contributed by atoms with Crippen molar-refractivity contribution in [3.05, 3.63) is 29.3 Å². The summed E-state index contributed by atoms with van der Waals surface area (Å²) in [5, 5.41) is 11.3. The Labute approximate surface area is 112 Å². The molecule has 0 bridgehead atoms. The van der Waals surface area contributed by atoms with Gasteiger partial charge in [-0.25, -0.2) is 4.79 Å². The Kier molecular flexibility index (Phi) is 4.53. The fourth-order valence-corrected chi connectivity index (χ4v) is 1.60. The molecular weight excluding hydrogens is 246 g/mol. The Bertz CT molecular complexity index is 474. The van der Waals surface area contributed by atoms with Crippen LogP contribution in [0.15, 0.2) is 18.2 Å². The number of para-hydroxylation sites is 1. The van der Waals surface area contributed by atoms with Gasteiger partial charge in [0.15, 0.2) is 6.61 Å². The van der Waals surface area contributed by atoms with Crippen molar-refractivity contribution in [3.8, 4) is 5.75 Å². The molecule has 0 heterocycles. The molecule has 5 nitrogen and oxygen atoms in total. The van der Waals surface area contributed by atoms with E-state index in [2.05, 4.69) is 5.32 Å². The summed E-state index contributed by atoms with van der Waals surface area (Å²) in [5.41, 5.74) is 0.567. The molecule has 1 amide bonds. The molecule has 104 valence electrons. The first kappa shape index (κ1) is 15.0. The van der Waals surface area contributed by atoms with Crippen LogP contribution in [0.2, 0.25) is 0 Å². The highest BCUT2D eigenvalue weighted by Gasteiger charge is 2.28. The highest BCUT2D eigenvalue weighted by molar-refractivity contribution is 5.86. The van der Waals surface area contributed by atoms with Crippen molar-refractivity contribution in [3.63, 3.8) is 0 Å². The van der Waals surface area contributed by atoms with Crippen LogP contribution in [0.3, 0.4) is 0 Å². The number of carboxylic acid groups (broad SMARTS) is 1. The lowest BCUT2D eigenvalue weighted by Gasteiger charge is -2.21. The Hall–Kier alpha value is -2.04. The molecule has 0 aromatic heterocycles. The minimum atomic E-state index is -1.30. The molecule has 0 radical (unpaired) electrons. The number of hydrogen-bond donors (Lipinski definition) is 2. The highest BCUT2D eigenvalue weighted by atomic mass is 16.5. The van der Waals surface area contributed by atoms with Crippen LogP contribution < -0.4 is 10.1 Å². The van der Waals surface area contributed by atoms with Gasteiger partial charge in [0, 0.05) is 0 Å². The molecule has 0 aliphatic carbocycles. The number of nitrogens with one attached hydrogen (secondary N) is 1. The van der Waals surface area contributed by atoms with E-state index in [0.717, 1.165) is 11.1 Å². The topological polar surface area (TPSA) is 75.6 Å². The molecule has 19 heavy (non-hydrogen) atoms. The van der Waals surface area contributed by atoms with Crippen molar-refractivity contribution >= 4 is 11.9 Å². The molecule has 0 spiro atoms. The largest absolute Gasteiger partial charge is 0.483 e. The zero-order chi connectivity index (χ0) is 14.6. The van der Waals surface area contributed by atoms with Gasteiger partial charge in [0.05, 0.1) is 0 Å². The predicted octanol–water partition coefficient (Wildman–Crippen LogP) is 1.66. The van der Waals surface area contributed by atoms with Crippen molar-refractivity contribution in [2.24, 2.45) is 0 Å². The molecule has 0 fully saturated rings. The van der Waals surface area contributed by atoms with Gasteiger partial charge in [-0.3, -0.25) is 4.79 Å². The third-order valence-corrected chi connectivity index (χ3v) is 2.74. The summed E-state index contributed by atoms with van der Waals surface area (Å²) in [6.07, 6.45) is 0. The smallest absolute Gasteiger partial charge is 0.328 e. The normalized spacial score (nSPS) is 10.9. The summed E-state index contributed by atoms with van der Waals surface area (Å²) in [7, 11) is 0. The van der Waals surface area contributed by atoms with E-state index in [1.54, 1.807) is 0 Å². The van der Waals surface area contributed by atoms with Crippen molar-refractivity contribution in [1.29, 1.82) is 0 Å². The second kappa shape index (κ2) is 5.73. The number of benzene rings is 1. The van der Waals surface area contributed by atoms with Crippen molar-refractivity contribution < 1.29 is 19.4 Å². The zero-order valence-electron chi connectivity index (χ0n) is 11.6. The molecule has 0 saturated heterocycles. The molecule has 0 aliphatic rings. The first-order valence-corrected chi connectivity index (χ1v) is 5.97. The zero-order valence-corrected chi connectivity index (χ0v) is 11.6. The first-order chi connectivity index (χ1) is 8.74. The number of aliphatic carboxylic acids is 1. The number of carbonyl (C=O) groups is 2. The Morgan fingerprint density at radius 2 is 1.79 bits per heavy atom. The van der Waals surface area contributed by atoms with Gasteiger partial charge in [-0.1, -0.05) is 18.2 Å². The fourth-order valence-electron chi connectivity index (χ4n) is 1.60. The summed E-state index contributed by atoms with van der Waals surface area (Å²) in [6, 6.07) is 5.69. The standard InChI is InChI=1S/C14H19NO4/c1-9-6-5-7-10(2)12(9)19-8-11(16)15-14(3,4)13(17)18/h5-7H,8H2,1-4H3,(H,15,16)(H,17,18). The van der Waals surface area contributed by atoms with Crippen LogP contribution in [-0.4, -0.2) is 29.1 Å². The average molecular weight is 265 g/mol. The number of rotatable bonds is 5. The van der Waals surface area contributed by atoms with Crippen LogP contribution in [0, 0.1) is 13.8 Å². The summed E-state index contributed by atoms with van der Waals surface area (Å²) >= 11 is 0. The van der Waals surface area contributed by atoms with Gasteiger partial charge in [0.1, 0.15) is 11.3 Å². The van der Waals surface area contributed by atoms with Crippen LogP contribution in [0.25, 0.3) is 0 Å². The molecule has 0 saturated carbocycles. The first-order valence-electron chi connectivity index (χ1n) is 5.97. The molecule has 1 rings (SSSR count). The summed E-state index contributed by atoms with van der Waals surface area (Å²) < 4.78 is 5.45. The van der Waals surface area contributed by atoms with E-state index >= 15 is 0 Å². The average Bonchev–Trinajstić information content (AvgIpc) is 2.27. The van der Waals surface area contributed by atoms with Crippen LogP contribution in [-0.2, 0) is 9.59 Å². The molecular formula is C14H19NO4. The van der Waals surface area contributed by atoms with E-state index in [-0.39, 0.29) is 6.61 Å². The maximum atomic E-state index is 11.7. The minimum Gasteiger partial charge on any atom is -0.483 e. The minimum absolute atomic E-state index is 0.206. The van der Waals surface area contributed by atoms with Crippen molar-refractivity contribution in [2.45, 2.75) is 33.2 Å². The van der Waals surface area contributed by atoms with Gasteiger partial charge in [0.25, 0.3) is 5.91 Å². The van der Waals surface area contributed by atoms with E-state index < -0.39 is 17.4 Å². The molecule has 2 N–H and O–H groups in total. The number of ether oxygens (including phenoxy) is 1. The van der Waals surface area contributed by atoms with E-state index in [9.17, 15) is 9.59 Å². The predicted molar refractivity (Wildman–Crippen MR) is 71.3 cm³/mol. The lowest BCUT2D eigenvalue weighted by molar-refractivity contribution is -0.146. The molecule has 1 aromatic rings. The van der Waals surface area contributed by atoms with Gasteiger partial charge in [-0.05, 0) is 38.8 Å². The Morgan fingerprint density at radius 1 is 1.26 bits per heavy atom. The lowest BCUT2D eigenvalue weighted by atomic mass is 10.1. The number of carbonyl (C=O) groups excluding carboxylic acids is 1. The molecule has 5 heteroatoms. The van der Waals surface area contributed by atoms with Gasteiger partial charge in [-0.15, -0.1) is 0 Å². The third-order valence-electron chi connectivity index (χ3n) is 2.74. The second-order valence-corrected chi connectivity index (χ2v) is 4.99. The number of carboxylic acids is 1. The number of amides is 1. The van der Waals surface area contributed by atoms with Gasteiger partial charge >= 0.3 is 5.97 Å². The highest BCUT2D eigenvalue weighted by Crippen LogP contribution is 2.22. The van der Waals surface area contributed by atoms with E-state index in [4.69, 9.17) is 9.84 Å². The molecule has 0 unspecified atom stereocenters. The molecule has 0 aliphatic heterocycles. The maximum Gasteiger partial charge on any atom is 0.328 e. The van der Waals surface area contributed by atoms with E-state index in [1.807, 2.05) is 32.0 Å². The number of hydrogen-bond acceptors (Lipinski definition) is 3. The van der Waals surface area contributed by atoms with Gasteiger partial charge in [0.2, 0.25) is 0 Å². The fraction of sp³-hybridized carbons (Fsp3) is 0.429. The summed E-state index contributed by atoms with van der Waals surface area (Å²) in [4.78, 5) is 22.5. The van der Waals surface area contributed by atoms with Crippen molar-refractivity contribution in [1.82, 2.24) is 5.32 Å². The Morgan fingerprint density at radius 3 is 2.26 bits per heavy atom. The summed E-state index contributed by atoms with van der Waals surface area (Å²) in [5.74, 6) is -0.895. The monoisotopic (exact) mass is 265 g/mol. The van der Waals surface area contributed by atoms with Crippen LogP contribution in [0.1, 0.15) is 25.0 Å². The molecule has 1 aromatic carbocycles. The lowest BCUT2D eigenvalue weighted by Crippen LogP contribution is -2.51. The van der Waals surface area contributed by atoms with Crippen LogP contribution in [0.5, 0.6) is 5.75 Å².